The van der Waals surface area contributed by atoms with Crippen molar-refractivity contribution < 1.29 is 59.1 Å². The Morgan fingerprint density at radius 2 is 1.67 bits per heavy atom. The molecule has 0 aliphatic carbocycles. The number of amides is 1. The highest BCUT2D eigenvalue weighted by Crippen LogP contribution is 2.31. The SMILES string of the molecule is CC(=O)NC1C[C@H](O[C@@H]2OC(CO)[C@H](O)[C@H](O[C@@H]3OC[C@@H](O)CC3O)C2O)C(CO)O[C@H]1C. The highest BCUT2D eigenvalue weighted by atomic mass is 16.7. The summed E-state index contributed by atoms with van der Waals surface area (Å²) in [7, 11) is 0. The van der Waals surface area contributed by atoms with Crippen molar-refractivity contribution >= 4 is 5.91 Å². The average Bonchev–Trinajstić information content (AvgIpc) is 2.76. The van der Waals surface area contributed by atoms with Crippen molar-refractivity contribution in [3.8, 4) is 0 Å². The number of aliphatic hydroxyl groups is 6. The summed E-state index contributed by atoms with van der Waals surface area (Å²) in [5.41, 5.74) is 0. The molecule has 0 spiro atoms. The van der Waals surface area contributed by atoms with E-state index in [1.165, 1.54) is 6.92 Å². The van der Waals surface area contributed by atoms with Crippen molar-refractivity contribution in [2.24, 2.45) is 0 Å². The number of nitrogens with one attached hydrogen (secondary N) is 1. The van der Waals surface area contributed by atoms with Crippen molar-refractivity contribution in [2.75, 3.05) is 19.8 Å². The first-order valence-corrected chi connectivity index (χ1v) is 11.1. The third-order valence-corrected chi connectivity index (χ3v) is 6.13. The van der Waals surface area contributed by atoms with Gasteiger partial charge in [-0.25, -0.2) is 0 Å². The first kappa shape index (κ1) is 26.6. The standard InChI is InChI=1S/C20H35NO12/c1-8-11(21-9(2)24)4-13(14(5-22)30-8)31-20-17(28)18(16(27)15(6-23)32-20)33-19-12(26)3-10(25)7-29-19/h8,10-20,22-23,25-28H,3-7H2,1-2H3,(H,21,24)/t8-,10-,11?,12?,13-,14?,15?,16-,17?,18-,19-,20+/m0/s1. The molecule has 13 nitrogen and oxygen atoms in total. The van der Waals surface area contributed by atoms with Crippen LogP contribution in [0.25, 0.3) is 0 Å². The number of hydrogen-bond donors (Lipinski definition) is 7. The fourth-order valence-electron chi connectivity index (χ4n) is 4.35. The van der Waals surface area contributed by atoms with Crippen LogP contribution < -0.4 is 5.32 Å². The number of ether oxygens (including phenoxy) is 5. The predicted octanol–water partition coefficient (Wildman–Crippen LogP) is -3.66. The molecule has 0 aromatic heterocycles. The maximum Gasteiger partial charge on any atom is 0.217 e. The van der Waals surface area contributed by atoms with Crippen LogP contribution in [0.3, 0.4) is 0 Å². The predicted molar refractivity (Wildman–Crippen MR) is 108 cm³/mol. The topological polar surface area (TPSA) is 197 Å². The van der Waals surface area contributed by atoms with E-state index in [2.05, 4.69) is 5.32 Å². The highest BCUT2D eigenvalue weighted by molar-refractivity contribution is 5.73. The van der Waals surface area contributed by atoms with Crippen molar-refractivity contribution in [3.05, 3.63) is 0 Å². The largest absolute Gasteiger partial charge is 0.394 e. The Labute approximate surface area is 191 Å². The van der Waals surface area contributed by atoms with Crippen LogP contribution in [0.4, 0.5) is 0 Å². The summed E-state index contributed by atoms with van der Waals surface area (Å²) < 4.78 is 28.1. The van der Waals surface area contributed by atoms with Gasteiger partial charge in [-0.1, -0.05) is 0 Å². The second-order valence-electron chi connectivity index (χ2n) is 8.75. The van der Waals surface area contributed by atoms with Gasteiger partial charge >= 0.3 is 0 Å². The van der Waals surface area contributed by atoms with Gasteiger partial charge < -0.3 is 59.6 Å². The normalized spacial score (nSPS) is 46.7. The van der Waals surface area contributed by atoms with E-state index in [0.717, 1.165) is 0 Å². The highest BCUT2D eigenvalue weighted by Gasteiger charge is 2.50. The Bertz CT molecular complexity index is 640. The number of hydrogen-bond acceptors (Lipinski definition) is 12. The molecule has 3 fully saturated rings. The first-order valence-electron chi connectivity index (χ1n) is 11.1. The van der Waals surface area contributed by atoms with E-state index in [4.69, 9.17) is 23.7 Å². The van der Waals surface area contributed by atoms with Gasteiger partial charge in [0, 0.05) is 13.3 Å². The smallest absolute Gasteiger partial charge is 0.217 e. The summed E-state index contributed by atoms with van der Waals surface area (Å²) in [6.45, 7) is 2.02. The molecule has 3 rings (SSSR count). The Morgan fingerprint density at radius 1 is 0.970 bits per heavy atom. The van der Waals surface area contributed by atoms with Crippen LogP contribution in [-0.2, 0) is 28.5 Å². The van der Waals surface area contributed by atoms with E-state index in [9.17, 15) is 35.4 Å². The lowest BCUT2D eigenvalue weighted by atomic mass is 9.95. The van der Waals surface area contributed by atoms with Crippen molar-refractivity contribution in [2.45, 2.75) is 100 Å². The molecule has 12 atom stereocenters. The van der Waals surface area contributed by atoms with Gasteiger partial charge in [-0.15, -0.1) is 0 Å². The van der Waals surface area contributed by atoms with Gasteiger partial charge in [0.05, 0.1) is 44.2 Å². The number of carbonyl (C=O) groups is 1. The van der Waals surface area contributed by atoms with Crippen LogP contribution in [0.2, 0.25) is 0 Å². The van der Waals surface area contributed by atoms with Gasteiger partial charge in [0.1, 0.15) is 36.6 Å². The van der Waals surface area contributed by atoms with E-state index >= 15 is 0 Å². The third kappa shape index (κ3) is 6.38. The quantitative estimate of drug-likeness (QED) is 0.188. The zero-order valence-corrected chi connectivity index (χ0v) is 18.6. The minimum atomic E-state index is -1.57. The molecule has 1 amide bonds. The molecular weight excluding hydrogens is 446 g/mol. The molecule has 0 aromatic carbocycles. The fraction of sp³-hybridized carbons (Fsp3) is 0.950. The zero-order valence-electron chi connectivity index (χ0n) is 18.6. The van der Waals surface area contributed by atoms with Crippen LogP contribution in [0.1, 0.15) is 26.7 Å². The molecule has 7 N–H and O–H groups in total. The Hall–Kier alpha value is -0.970. The monoisotopic (exact) mass is 481 g/mol. The van der Waals surface area contributed by atoms with Crippen molar-refractivity contribution in [1.29, 1.82) is 0 Å². The lowest BCUT2D eigenvalue weighted by Crippen LogP contribution is -2.63. The minimum Gasteiger partial charge on any atom is -0.394 e. The zero-order chi connectivity index (χ0) is 24.3. The molecule has 3 heterocycles. The van der Waals surface area contributed by atoms with Gasteiger partial charge in [-0.2, -0.15) is 0 Å². The summed E-state index contributed by atoms with van der Waals surface area (Å²) >= 11 is 0. The Morgan fingerprint density at radius 3 is 2.27 bits per heavy atom. The van der Waals surface area contributed by atoms with Gasteiger partial charge in [-0.3, -0.25) is 4.79 Å². The maximum absolute atomic E-state index is 11.5. The minimum absolute atomic E-state index is 0.0102. The van der Waals surface area contributed by atoms with E-state index in [1.807, 2.05) is 0 Å². The summed E-state index contributed by atoms with van der Waals surface area (Å²) in [4.78, 5) is 11.5. The molecule has 0 aromatic rings. The van der Waals surface area contributed by atoms with E-state index in [-0.39, 0.29) is 32.0 Å². The maximum atomic E-state index is 11.5. The molecule has 3 aliphatic rings. The van der Waals surface area contributed by atoms with Crippen LogP contribution in [0.5, 0.6) is 0 Å². The van der Waals surface area contributed by atoms with Gasteiger partial charge in [0.25, 0.3) is 0 Å². The third-order valence-electron chi connectivity index (χ3n) is 6.13. The van der Waals surface area contributed by atoms with Crippen LogP contribution >= 0.6 is 0 Å². The molecule has 0 radical (unpaired) electrons. The van der Waals surface area contributed by atoms with Gasteiger partial charge in [0.15, 0.2) is 12.6 Å². The average molecular weight is 481 g/mol. The van der Waals surface area contributed by atoms with Crippen molar-refractivity contribution in [1.82, 2.24) is 5.32 Å². The van der Waals surface area contributed by atoms with E-state index < -0.39 is 80.2 Å². The van der Waals surface area contributed by atoms with E-state index in [0.29, 0.717) is 0 Å². The molecule has 0 bridgehead atoms. The fourth-order valence-corrected chi connectivity index (χ4v) is 4.35. The van der Waals surface area contributed by atoms with Gasteiger partial charge in [-0.05, 0) is 13.3 Å². The summed E-state index contributed by atoms with van der Waals surface area (Å²) in [5.74, 6) is -0.265. The molecule has 3 aliphatic heterocycles. The van der Waals surface area contributed by atoms with Crippen LogP contribution in [0.15, 0.2) is 0 Å². The Balaban J connectivity index is 1.72. The molecule has 192 valence electrons. The molecular formula is C20H35NO12. The second kappa shape index (κ2) is 11.6. The van der Waals surface area contributed by atoms with Crippen LogP contribution in [-0.4, -0.2) is 130 Å². The molecule has 5 unspecified atom stereocenters. The lowest BCUT2D eigenvalue weighted by Gasteiger charge is -2.46. The summed E-state index contributed by atoms with van der Waals surface area (Å²) in [6.07, 6.45) is -12.0. The number of aliphatic hydroxyl groups excluding tert-OH is 6. The number of rotatable bonds is 7. The van der Waals surface area contributed by atoms with Crippen molar-refractivity contribution in [3.63, 3.8) is 0 Å². The lowest BCUT2D eigenvalue weighted by molar-refractivity contribution is -0.354. The molecule has 3 saturated heterocycles. The summed E-state index contributed by atoms with van der Waals surface area (Å²) in [6, 6.07) is -0.417. The second-order valence-corrected chi connectivity index (χ2v) is 8.75. The number of carbonyl (C=O) groups excluding carboxylic acids is 1. The molecule has 33 heavy (non-hydrogen) atoms. The molecule has 13 heteroatoms. The Kier molecular flexibility index (Phi) is 9.39. The van der Waals surface area contributed by atoms with E-state index in [1.54, 1.807) is 6.92 Å². The summed E-state index contributed by atoms with van der Waals surface area (Å²) in [5, 5.41) is 63.2. The molecule has 0 saturated carbocycles. The van der Waals surface area contributed by atoms with Gasteiger partial charge in [0.2, 0.25) is 5.91 Å². The first-order chi connectivity index (χ1) is 15.6. The van der Waals surface area contributed by atoms with Crippen LogP contribution in [0, 0.1) is 0 Å².